The second-order valence-electron chi connectivity index (χ2n) is 5.15. The van der Waals surface area contributed by atoms with Crippen molar-refractivity contribution in [2.24, 2.45) is 11.3 Å². The van der Waals surface area contributed by atoms with Crippen molar-refractivity contribution in [1.82, 2.24) is 5.43 Å². The van der Waals surface area contributed by atoms with Crippen LogP contribution in [0.25, 0.3) is 0 Å². The molecule has 3 N–H and O–H groups in total. The van der Waals surface area contributed by atoms with Crippen molar-refractivity contribution in [3.05, 3.63) is 0 Å². The Morgan fingerprint density at radius 3 is 2.31 bits per heavy atom. The number of hydrogen-bond acceptors (Lipinski definition) is 4. The van der Waals surface area contributed by atoms with Gasteiger partial charge in [-0.25, -0.2) is 0 Å². The van der Waals surface area contributed by atoms with E-state index in [0.717, 1.165) is 19.4 Å². The molecule has 0 aromatic heterocycles. The predicted octanol–water partition coefficient (Wildman–Crippen LogP) is 1.70. The van der Waals surface area contributed by atoms with Crippen LogP contribution in [0.2, 0.25) is 0 Å². The molecule has 16 heavy (non-hydrogen) atoms. The average Bonchev–Trinajstić information content (AvgIpc) is 2.20. The molecule has 0 fully saturated rings. The van der Waals surface area contributed by atoms with Crippen LogP contribution in [0, 0.1) is 5.41 Å². The number of rotatable bonds is 8. The summed E-state index contributed by atoms with van der Waals surface area (Å²) in [6.45, 7) is 10.0. The van der Waals surface area contributed by atoms with Crippen LogP contribution in [0.1, 0.15) is 40.5 Å². The summed E-state index contributed by atoms with van der Waals surface area (Å²) in [6, 6.07) is 0.176. The van der Waals surface area contributed by atoms with Gasteiger partial charge in [-0.2, -0.15) is 0 Å². The van der Waals surface area contributed by atoms with Crippen LogP contribution in [0.15, 0.2) is 0 Å². The molecule has 0 heterocycles. The van der Waals surface area contributed by atoms with Crippen LogP contribution in [0.4, 0.5) is 0 Å². The second-order valence-corrected chi connectivity index (χ2v) is 5.15. The Balaban J connectivity index is 4.34. The maximum atomic E-state index is 5.81. The lowest BCUT2D eigenvalue weighted by Gasteiger charge is -2.36. The van der Waals surface area contributed by atoms with Gasteiger partial charge in [-0.15, -0.1) is 0 Å². The first kappa shape index (κ1) is 15.8. The normalized spacial score (nSPS) is 16.1. The van der Waals surface area contributed by atoms with Crippen molar-refractivity contribution < 1.29 is 9.47 Å². The lowest BCUT2D eigenvalue weighted by atomic mass is 9.83. The third-order valence-corrected chi connectivity index (χ3v) is 2.64. The van der Waals surface area contributed by atoms with E-state index in [4.69, 9.17) is 15.3 Å². The fraction of sp³-hybridized carbons (Fsp3) is 1.00. The fourth-order valence-corrected chi connectivity index (χ4v) is 1.92. The molecule has 4 heteroatoms. The third-order valence-electron chi connectivity index (χ3n) is 2.64. The molecule has 0 aliphatic carbocycles. The van der Waals surface area contributed by atoms with E-state index in [9.17, 15) is 0 Å². The molecular weight excluding hydrogens is 204 g/mol. The number of hydrazine groups is 1. The minimum atomic E-state index is 0.0835. The van der Waals surface area contributed by atoms with Gasteiger partial charge in [0, 0.05) is 26.4 Å². The summed E-state index contributed by atoms with van der Waals surface area (Å²) in [4.78, 5) is 0. The van der Waals surface area contributed by atoms with Crippen molar-refractivity contribution >= 4 is 0 Å². The molecule has 0 aromatic rings. The van der Waals surface area contributed by atoms with Gasteiger partial charge in [-0.3, -0.25) is 11.3 Å². The molecule has 98 valence electrons. The second kappa shape index (κ2) is 8.01. The summed E-state index contributed by atoms with van der Waals surface area (Å²) >= 11 is 0. The number of nitrogens with two attached hydrogens (primary N) is 1. The van der Waals surface area contributed by atoms with Crippen molar-refractivity contribution in [3.63, 3.8) is 0 Å². The SMILES string of the molecule is CCOC(C(CCCOC)NN)C(C)(C)C. The molecule has 0 aliphatic rings. The van der Waals surface area contributed by atoms with E-state index >= 15 is 0 Å². The van der Waals surface area contributed by atoms with Gasteiger partial charge in [-0.1, -0.05) is 20.8 Å². The highest BCUT2D eigenvalue weighted by Crippen LogP contribution is 2.26. The molecule has 0 saturated carbocycles. The van der Waals surface area contributed by atoms with Gasteiger partial charge in [0.05, 0.1) is 6.10 Å². The Hall–Kier alpha value is -0.160. The first-order chi connectivity index (χ1) is 7.47. The maximum Gasteiger partial charge on any atom is 0.0789 e. The summed E-state index contributed by atoms with van der Waals surface area (Å²) in [5.74, 6) is 5.61. The number of hydrogen-bond donors (Lipinski definition) is 2. The monoisotopic (exact) mass is 232 g/mol. The molecule has 0 rings (SSSR count). The van der Waals surface area contributed by atoms with Gasteiger partial charge >= 0.3 is 0 Å². The van der Waals surface area contributed by atoms with Gasteiger partial charge < -0.3 is 9.47 Å². The molecule has 4 nitrogen and oxygen atoms in total. The zero-order valence-electron chi connectivity index (χ0n) is 11.4. The standard InChI is InChI=1S/C12H28N2O2/c1-6-16-11(12(2,3)4)10(14-13)8-7-9-15-5/h10-11,14H,6-9,13H2,1-5H3. The smallest absolute Gasteiger partial charge is 0.0789 e. The van der Waals surface area contributed by atoms with E-state index in [0.29, 0.717) is 6.61 Å². The van der Waals surface area contributed by atoms with E-state index in [-0.39, 0.29) is 17.6 Å². The zero-order valence-corrected chi connectivity index (χ0v) is 11.4. The predicted molar refractivity (Wildman–Crippen MR) is 67.1 cm³/mol. The number of methoxy groups -OCH3 is 1. The molecule has 0 saturated heterocycles. The summed E-state index contributed by atoms with van der Waals surface area (Å²) in [5, 5.41) is 0. The van der Waals surface area contributed by atoms with Crippen LogP contribution in [0.3, 0.4) is 0 Å². The van der Waals surface area contributed by atoms with Gasteiger partial charge in [0.2, 0.25) is 0 Å². The van der Waals surface area contributed by atoms with Crippen molar-refractivity contribution in [3.8, 4) is 0 Å². The van der Waals surface area contributed by atoms with Gasteiger partial charge in [0.15, 0.2) is 0 Å². The first-order valence-electron chi connectivity index (χ1n) is 6.04. The van der Waals surface area contributed by atoms with Crippen molar-refractivity contribution in [1.29, 1.82) is 0 Å². The summed E-state index contributed by atoms with van der Waals surface area (Å²) < 4.78 is 10.9. The molecule has 0 aromatic carbocycles. The largest absolute Gasteiger partial charge is 0.385 e. The van der Waals surface area contributed by atoms with E-state index in [1.165, 1.54) is 0 Å². The van der Waals surface area contributed by atoms with Crippen LogP contribution in [0.5, 0.6) is 0 Å². The van der Waals surface area contributed by atoms with Crippen LogP contribution < -0.4 is 11.3 Å². The summed E-state index contributed by atoms with van der Waals surface area (Å²) in [7, 11) is 1.72. The lowest BCUT2D eigenvalue weighted by Crippen LogP contribution is -2.50. The Labute approximate surface area is 99.8 Å². The Morgan fingerprint density at radius 1 is 1.31 bits per heavy atom. The number of ether oxygens (including phenoxy) is 2. The Morgan fingerprint density at radius 2 is 1.94 bits per heavy atom. The molecule has 2 atom stereocenters. The van der Waals surface area contributed by atoms with Crippen molar-refractivity contribution in [2.45, 2.75) is 52.7 Å². The van der Waals surface area contributed by atoms with Gasteiger partial charge in [0.25, 0.3) is 0 Å². The van der Waals surface area contributed by atoms with Gasteiger partial charge in [-0.05, 0) is 25.2 Å². The highest BCUT2D eigenvalue weighted by atomic mass is 16.5. The van der Waals surface area contributed by atoms with Crippen molar-refractivity contribution in [2.75, 3.05) is 20.3 Å². The average molecular weight is 232 g/mol. The molecule has 0 bridgehead atoms. The maximum absolute atomic E-state index is 5.81. The molecule has 0 spiro atoms. The van der Waals surface area contributed by atoms with E-state index < -0.39 is 0 Å². The van der Waals surface area contributed by atoms with E-state index in [1.807, 2.05) is 6.92 Å². The Bertz CT molecular complexity index is 169. The quantitative estimate of drug-likeness (QED) is 0.380. The third kappa shape index (κ3) is 5.80. The molecular formula is C12H28N2O2. The van der Waals surface area contributed by atoms with Gasteiger partial charge in [0.1, 0.15) is 0 Å². The minimum Gasteiger partial charge on any atom is -0.385 e. The zero-order chi connectivity index (χ0) is 12.6. The molecule has 0 radical (unpaired) electrons. The molecule has 2 unspecified atom stereocenters. The minimum absolute atomic E-state index is 0.0835. The lowest BCUT2D eigenvalue weighted by molar-refractivity contribution is -0.0387. The topological polar surface area (TPSA) is 56.5 Å². The summed E-state index contributed by atoms with van der Waals surface area (Å²) in [6.07, 6.45) is 2.08. The number of nitrogens with one attached hydrogen (secondary N) is 1. The highest BCUT2D eigenvalue weighted by molar-refractivity contribution is 4.85. The highest BCUT2D eigenvalue weighted by Gasteiger charge is 2.31. The molecule has 0 amide bonds. The van der Waals surface area contributed by atoms with E-state index in [2.05, 4.69) is 26.2 Å². The van der Waals surface area contributed by atoms with Crippen LogP contribution in [-0.4, -0.2) is 32.5 Å². The van der Waals surface area contributed by atoms with E-state index in [1.54, 1.807) is 7.11 Å². The molecule has 0 aliphatic heterocycles. The Kier molecular flexibility index (Phi) is 7.93. The first-order valence-corrected chi connectivity index (χ1v) is 6.04. The fourth-order valence-electron chi connectivity index (χ4n) is 1.92. The van der Waals surface area contributed by atoms with Crippen LogP contribution in [-0.2, 0) is 9.47 Å². The van der Waals surface area contributed by atoms with Crippen LogP contribution >= 0.6 is 0 Å². The summed E-state index contributed by atoms with van der Waals surface area (Å²) in [5.41, 5.74) is 2.96.